The highest BCUT2D eigenvalue weighted by Crippen LogP contribution is 2.14. The zero-order chi connectivity index (χ0) is 9.68. The lowest BCUT2D eigenvalue weighted by molar-refractivity contribution is 0.111. The second kappa shape index (κ2) is 5.89. The summed E-state index contributed by atoms with van der Waals surface area (Å²) in [7, 11) is 0. The van der Waals surface area contributed by atoms with E-state index in [1.54, 1.807) is 0 Å². The molecule has 3 atom stereocenters. The Kier molecular flexibility index (Phi) is 5.14. The fourth-order valence-electron chi connectivity index (χ4n) is 1.74. The molecule has 3 unspecified atom stereocenters. The summed E-state index contributed by atoms with van der Waals surface area (Å²) < 4.78 is 5.52. The van der Waals surface area contributed by atoms with Gasteiger partial charge in [0.2, 0.25) is 0 Å². The van der Waals surface area contributed by atoms with E-state index in [0.717, 1.165) is 6.61 Å². The van der Waals surface area contributed by atoms with Crippen molar-refractivity contribution in [3.05, 3.63) is 0 Å². The zero-order valence-electron chi connectivity index (χ0n) is 8.88. The number of rotatable bonds is 5. The molecule has 0 aliphatic carbocycles. The van der Waals surface area contributed by atoms with Gasteiger partial charge in [0.05, 0.1) is 6.10 Å². The topological polar surface area (TPSA) is 21.3 Å². The lowest BCUT2D eigenvalue weighted by Crippen LogP contribution is -2.42. The SMILES string of the molecule is CCC(CSC)NC1CCOC1C. The van der Waals surface area contributed by atoms with Gasteiger partial charge in [0.1, 0.15) is 0 Å². The van der Waals surface area contributed by atoms with Gasteiger partial charge in [0.15, 0.2) is 0 Å². The van der Waals surface area contributed by atoms with Crippen molar-refractivity contribution >= 4 is 11.8 Å². The van der Waals surface area contributed by atoms with Gasteiger partial charge in [-0.3, -0.25) is 0 Å². The summed E-state index contributed by atoms with van der Waals surface area (Å²) in [5.74, 6) is 1.21. The number of nitrogens with one attached hydrogen (secondary N) is 1. The smallest absolute Gasteiger partial charge is 0.0700 e. The van der Waals surface area contributed by atoms with Gasteiger partial charge in [0, 0.05) is 24.4 Å². The van der Waals surface area contributed by atoms with E-state index in [1.807, 2.05) is 11.8 Å². The number of hydrogen-bond donors (Lipinski definition) is 1. The van der Waals surface area contributed by atoms with Crippen molar-refractivity contribution in [1.82, 2.24) is 5.32 Å². The molecular weight excluding hydrogens is 182 g/mol. The molecule has 0 amide bonds. The summed E-state index contributed by atoms with van der Waals surface area (Å²) in [6.07, 6.45) is 4.95. The van der Waals surface area contributed by atoms with Gasteiger partial charge in [-0.25, -0.2) is 0 Å². The van der Waals surface area contributed by atoms with Crippen molar-refractivity contribution in [3.8, 4) is 0 Å². The minimum absolute atomic E-state index is 0.399. The molecule has 0 aromatic carbocycles. The molecule has 0 aromatic rings. The second-order valence-electron chi connectivity index (χ2n) is 3.70. The minimum atomic E-state index is 0.399. The first-order valence-corrected chi connectivity index (χ1v) is 6.54. The monoisotopic (exact) mass is 203 g/mol. The van der Waals surface area contributed by atoms with E-state index >= 15 is 0 Å². The van der Waals surface area contributed by atoms with Crippen LogP contribution in [0.4, 0.5) is 0 Å². The lowest BCUT2D eigenvalue weighted by atomic mass is 10.1. The first-order chi connectivity index (χ1) is 6.27. The summed E-state index contributed by atoms with van der Waals surface area (Å²) in [4.78, 5) is 0. The van der Waals surface area contributed by atoms with Crippen LogP contribution in [0.25, 0.3) is 0 Å². The molecule has 1 N–H and O–H groups in total. The Labute approximate surface area is 85.8 Å². The van der Waals surface area contributed by atoms with E-state index in [9.17, 15) is 0 Å². The van der Waals surface area contributed by atoms with Gasteiger partial charge in [-0.15, -0.1) is 0 Å². The van der Waals surface area contributed by atoms with E-state index < -0.39 is 0 Å². The van der Waals surface area contributed by atoms with Crippen molar-refractivity contribution in [3.63, 3.8) is 0 Å². The van der Waals surface area contributed by atoms with Crippen molar-refractivity contribution < 1.29 is 4.74 Å². The molecule has 0 saturated carbocycles. The van der Waals surface area contributed by atoms with Gasteiger partial charge in [-0.1, -0.05) is 6.92 Å². The maximum absolute atomic E-state index is 5.52. The Hall–Kier alpha value is 0.270. The standard InChI is InChI=1S/C10H21NOS/c1-4-9(7-13-3)11-10-5-6-12-8(10)2/h8-11H,4-7H2,1-3H3. The number of ether oxygens (including phenoxy) is 1. The quantitative estimate of drug-likeness (QED) is 0.737. The predicted octanol–water partition coefficient (Wildman–Crippen LogP) is 1.90. The fourth-order valence-corrected chi connectivity index (χ4v) is 2.47. The summed E-state index contributed by atoms with van der Waals surface area (Å²) in [6, 6.07) is 1.24. The number of thioether (sulfide) groups is 1. The van der Waals surface area contributed by atoms with Crippen molar-refractivity contribution in [1.29, 1.82) is 0 Å². The minimum Gasteiger partial charge on any atom is -0.377 e. The molecule has 1 aliphatic heterocycles. The van der Waals surface area contributed by atoms with E-state index in [1.165, 1.54) is 18.6 Å². The van der Waals surface area contributed by atoms with Crippen molar-refractivity contribution in [2.45, 2.75) is 44.9 Å². The van der Waals surface area contributed by atoms with Gasteiger partial charge in [-0.05, 0) is 26.0 Å². The Morgan fingerprint density at radius 2 is 2.38 bits per heavy atom. The molecule has 1 aliphatic rings. The lowest BCUT2D eigenvalue weighted by Gasteiger charge is -2.23. The van der Waals surface area contributed by atoms with Crippen LogP contribution in [0.1, 0.15) is 26.7 Å². The summed E-state index contributed by atoms with van der Waals surface area (Å²) >= 11 is 1.92. The molecule has 3 heteroatoms. The van der Waals surface area contributed by atoms with Crippen LogP contribution in [-0.4, -0.2) is 36.8 Å². The molecule has 1 rings (SSSR count). The predicted molar refractivity (Wildman–Crippen MR) is 59.4 cm³/mol. The van der Waals surface area contributed by atoms with Crippen LogP contribution in [0.3, 0.4) is 0 Å². The molecule has 2 nitrogen and oxygen atoms in total. The van der Waals surface area contributed by atoms with Gasteiger partial charge in [-0.2, -0.15) is 11.8 Å². The molecule has 1 fully saturated rings. The first-order valence-electron chi connectivity index (χ1n) is 5.14. The van der Waals surface area contributed by atoms with Gasteiger partial charge >= 0.3 is 0 Å². The summed E-state index contributed by atoms with van der Waals surface area (Å²) in [5, 5.41) is 3.67. The van der Waals surface area contributed by atoms with Crippen LogP contribution in [0.5, 0.6) is 0 Å². The van der Waals surface area contributed by atoms with E-state index in [2.05, 4.69) is 25.4 Å². The van der Waals surface area contributed by atoms with Gasteiger partial charge < -0.3 is 10.1 Å². The van der Waals surface area contributed by atoms with Crippen molar-refractivity contribution in [2.24, 2.45) is 0 Å². The molecule has 0 bridgehead atoms. The Morgan fingerprint density at radius 3 is 2.85 bits per heavy atom. The maximum atomic E-state index is 5.52. The average Bonchev–Trinajstić information content (AvgIpc) is 2.51. The largest absolute Gasteiger partial charge is 0.377 e. The van der Waals surface area contributed by atoms with Crippen LogP contribution in [0, 0.1) is 0 Å². The summed E-state index contributed by atoms with van der Waals surface area (Å²) in [6.45, 7) is 5.33. The molecule has 1 heterocycles. The van der Waals surface area contributed by atoms with Crippen LogP contribution >= 0.6 is 11.8 Å². The van der Waals surface area contributed by atoms with Gasteiger partial charge in [0.25, 0.3) is 0 Å². The first kappa shape index (κ1) is 11.3. The normalized spacial score (nSPS) is 30.7. The third-order valence-corrected chi connectivity index (χ3v) is 3.42. The van der Waals surface area contributed by atoms with E-state index in [-0.39, 0.29) is 0 Å². The third kappa shape index (κ3) is 3.49. The molecule has 78 valence electrons. The molecule has 0 spiro atoms. The highest BCUT2D eigenvalue weighted by atomic mass is 32.2. The van der Waals surface area contributed by atoms with E-state index in [0.29, 0.717) is 18.2 Å². The fraction of sp³-hybridized carbons (Fsp3) is 1.00. The molecule has 13 heavy (non-hydrogen) atoms. The molecule has 1 saturated heterocycles. The Bertz CT molecular complexity index is 143. The molecule has 0 radical (unpaired) electrons. The maximum Gasteiger partial charge on any atom is 0.0700 e. The molecule has 0 aromatic heterocycles. The Morgan fingerprint density at radius 1 is 1.62 bits per heavy atom. The van der Waals surface area contributed by atoms with Crippen molar-refractivity contribution in [2.75, 3.05) is 18.6 Å². The molecular formula is C10H21NOS. The highest BCUT2D eigenvalue weighted by Gasteiger charge is 2.25. The third-order valence-electron chi connectivity index (χ3n) is 2.69. The van der Waals surface area contributed by atoms with Crippen LogP contribution in [0.2, 0.25) is 0 Å². The van der Waals surface area contributed by atoms with Crippen LogP contribution < -0.4 is 5.32 Å². The highest BCUT2D eigenvalue weighted by molar-refractivity contribution is 7.98. The second-order valence-corrected chi connectivity index (χ2v) is 4.61. The Balaban J connectivity index is 2.27. The number of hydrogen-bond acceptors (Lipinski definition) is 3. The average molecular weight is 203 g/mol. The summed E-state index contributed by atoms with van der Waals surface area (Å²) in [5.41, 5.74) is 0. The van der Waals surface area contributed by atoms with E-state index in [4.69, 9.17) is 4.74 Å². The van der Waals surface area contributed by atoms with Crippen LogP contribution in [0.15, 0.2) is 0 Å². The zero-order valence-corrected chi connectivity index (χ0v) is 9.69. The van der Waals surface area contributed by atoms with Crippen LogP contribution in [-0.2, 0) is 4.74 Å².